The second kappa shape index (κ2) is 14.5. The van der Waals surface area contributed by atoms with Crippen LogP contribution in [-0.4, -0.2) is 6.71 Å². The molecule has 0 radical (unpaired) electrons. The van der Waals surface area contributed by atoms with E-state index in [2.05, 4.69) is 224 Å². The molecule has 5 aliphatic rings. The third-order valence-corrected chi connectivity index (χ3v) is 18.4. The Morgan fingerprint density at radius 3 is 1.44 bits per heavy atom. The summed E-state index contributed by atoms with van der Waals surface area (Å²) < 4.78 is 0. The third kappa shape index (κ3) is 6.77. The van der Waals surface area contributed by atoms with E-state index in [9.17, 15) is 0 Å². The molecule has 2 aliphatic heterocycles. The van der Waals surface area contributed by atoms with Gasteiger partial charge in [-0.2, -0.15) is 0 Å². The van der Waals surface area contributed by atoms with E-state index in [0.29, 0.717) is 0 Å². The van der Waals surface area contributed by atoms with Gasteiger partial charge in [-0.05, 0) is 198 Å². The molecule has 0 spiro atoms. The first-order valence-electron chi connectivity index (χ1n) is 26.2. The van der Waals surface area contributed by atoms with Crippen LogP contribution in [0.25, 0.3) is 11.1 Å². The predicted molar refractivity (Wildman–Crippen MR) is 295 cm³/mol. The first-order chi connectivity index (χ1) is 31.7. The lowest BCUT2D eigenvalue weighted by atomic mass is 9.33. The van der Waals surface area contributed by atoms with E-state index in [0.717, 1.165) is 0 Å². The number of aryl methyl sites for hydroxylation is 1. The van der Waals surface area contributed by atoms with Crippen molar-refractivity contribution >= 4 is 57.2 Å². The van der Waals surface area contributed by atoms with Crippen molar-refractivity contribution in [3.05, 3.63) is 148 Å². The molecule has 0 unspecified atom stereocenters. The van der Waals surface area contributed by atoms with Crippen molar-refractivity contribution in [1.82, 2.24) is 0 Å². The molecule has 0 amide bonds. The summed E-state index contributed by atoms with van der Waals surface area (Å²) >= 11 is 0. The molecular weight excluding hydrogens is 820 g/mol. The van der Waals surface area contributed by atoms with Gasteiger partial charge >= 0.3 is 0 Å². The van der Waals surface area contributed by atoms with Crippen molar-refractivity contribution in [2.75, 3.05) is 9.80 Å². The van der Waals surface area contributed by atoms with Crippen molar-refractivity contribution in [3.63, 3.8) is 0 Å². The molecule has 3 heteroatoms. The second-order valence-electron chi connectivity index (χ2n) is 27.1. The fourth-order valence-electron chi connectivity index (χ4n) is 13.5. The fraction of sp³-hybridized carbons (Fsp3) is 0.446. The number of rotatable bonds is 3. The quantitative estimate of drug-likeness (QED) is 0.163. The minimum atomic E-state index is -0.0341. The first-order valence-corrected chi connectivity index (χ1v) is 26.2. The Labute approximate surface area is 411 Å². The Bertz CT molecular complexity index is 3080. The zero-order valence-corrected chi connectivity index (χ0v) is 44.5. The number of benzene rings is 6. The van der Waals surface area contributed by atoms with Crippen molar-refractivity contribution in [2.45, 2.75) is 187 Å². The molecule has 3 aliphatic carbocycles. The largest absolute Gasteiger partial charge is 0.311 e. The summed E-state index contributed by atoms with van der Waals surface area (Å²) in [6, 6.07) is 42.1. The molecule has 0 aromatic heterocycles. The molecule has 2 heterocycles. The lowest BCUT2D eigenvalue weighted by Crippen LogP contribution is -2.62. The molecule has 0 saturated heterocycles. The molecule has 0 saturated carbocycles. The first kappa shape index (κ1) is 45.4. The van der Waals surface area contributed by atoms with Gasteiger partial charge < -0.3 is 9.80 Å². The molecular formula is C65H77BN2. The van der Waals surface area contributed by atoms with E-state index in [1.54, 1.807) is 0 Å². The van der Waals surface area contributed by atoms with E-state index in [1.807, 2.05) is 0 Å². The van der Waals surface area contributed by atoms with Gasteiger partial charge in [0.25, 0.3) is 6.71 Å². The molecule has 11 rings (SSSR count). The third-order valence-electron chi connectivity index (χ3n) is 18.4. The molecule has 68 heavy (non-hydrogen) atoms. The van der Waals surface area contributed by atoms with Gasteiger partial charge in [-0.3, -0.25) is 0 Å². The molecule has 2 nitrogen and oxygen atoms in total. The van der Waals surface area contributed by atoms with Gasteiger partial charge in [0.15, 0.2) is 0 Å². The lowest BCUT2D eigenvalue weighted by molar-refractivity contribution is 0.332. The van der Waals surface area contributed by atoms with Crippen LogP contribution in [0.5, 0.6) is 0 Å². The minimum Gasteiger partial charge on any atom is -0.311 e. The average Bonchev–Trinajstić information content (AvgIpc) is 3.27. The smallest absolute Gasteiger partial charge is 0.252 e. The molecule has 6 aromatic rings. The van der Waals surface area contributed by atoms with Crippen LogP contribution in [0.15, 0.2) is 103 Å². The number of hydrogen-bond donors (Lipinski definition) is 0. The summed E-state index contributed by atoms with van der Waals surface area (Å²) in [7, 11) is 0. The number of fused-ring (bicyclic) bond motifs is 7. The van der Waals surface area contributed by atoms with Gasteiger partial charge in [-0.25, -0.2) is 0 Å². The van der Waals surface area contributed by atoms with Gasteiger partial charge in [-0.15, -0.1) is 0 Å². The topological polar surface area (TPSA) is 6.48 Å². The Morgan fingerprint density at radius 1 is 0.412 bits per heavy atom. The zero-order chi connectivity index (χ0) is 48.5. The molecule has 0 fully saturated rings. The fourth-order valence-corrected chi connectivity index (χ4v) is 13.5. The summed E-state index contributed by atoms with van der Waals surface area (Å²) in [5.74, 6) is 0. The summed E-state index contributed by atoms with van der Waals surface area (Å²) in [5.41, 5.74) is 26.8. The Kier molecular flexibility index (Phi) is 9.70. The van der Waals surface area contributed by atoms with Crippen LogP contribution in [-0.2, 0) is 37.9 Å². The van der Waals surface area contributed by atoms with Crippen LogP contribution in [0, 0.1) is 6.92 Å². The van der Waals surface area contributed by atoms with E-state index < -0.39 is 0 Å². The summed E-state index contributed by atoms with van der Waals surface area (Å²) in [4.78, 5) is 5.46. The predicted octanol–water partition coefficient (Wildman–Crippen LogP) is 16.1. The molecule has 0 N–H and O–H groups in total. The normalized spacial score (nSPS) is 20.6. The second-order valence-corrected chi connectivity index (χ2v) is 27.1. The Morgan fingerprint density at radius 2 is 0.882 bits per heavy atom. The van der Waals surface area contributed by atoms with Crippen LogP contribution < -0.4 is 26.2 Å². The average molecular weight is 897 g/mol. The van der Waals surface area contributed by atoms with E-state index in [4.69, 9.17) is 0 Å². The minimum absolute atomic E-state index is 0.0341. The van der Waals surface area contributed by atoms with Gasteiger partial charge in [0, 0.05) is 34.0 Å². The Hall–Kier alpha value is -5.02. The number of hydrogen-bond acceptors (Lipinski definition) is 2. The van der Waals surface area contributed by atoms with Gasteiger partial charge in [0.2, 0.25) is 0 Å². The standard InChI is InChI=1S/C65H77BN2/c1-40-32-56-58-57(33-40)68(53-38-49-47(62(9,10)28-30-64(49,13)14)36-44(53)41-20-18-17-19-21-41)54-34-42(59(2,3)4)22-25-51(54)66(58)52-37-48-50(65(15,16)31-29-63(48,11)12)39-55(52)67(56)43-23-24-45-46(35-43)61(7,8)27-26-60(45,5)6/h17-25,32-39H,26-31H2,1-16H3. The maximum Gasteiger partial charge on any atom is 0.252 e. The highest BCUT2D eigenvalue weighted by molar-refractivity contribution is 7.00. The highest BCUT2D eigenvalue weighted by Crippen LogP contribution is 2.55. The van der Waals surface area contributed by atoms with E-state index in [-0.39, 0.29) is 44.6 Å². The van der Waals surface area contributed by atoms with Crippen LogP contribution >= 0.6 is 0 Å². The highest BCUT2D eigenvalue weighted by atomic mass is 15.2. The lowest BCUT2D eigenvalue weighted by Gasteiger charge is -2.48. The summed E-state index contributed by atoms with van der Waals surface area (Å²) in [6.45, 7) is 39.3. The zero-order valence-electron chi connectivity index (χ0n) is 44.5. The Balaban J connectivity index is 1.28. The molecule has 0 atom stereocenters. The van der Waals surface area contributed by atoms with Gasteiger partial charge in [0.1, 0.15) is 0 Å². The number of anilines is 6. The van der Waals surface area contributed by atoms with Gasteiger partial charge in [0.05, 0.1) is 5.69 Å². The van der Waals surface area contributed by atoms with E-state index in [1.165, 1.54) is 145 Å². The van der Waals surface area contributed by atoms with Crippen molar-refractivity contribution < 1.29 is 0 Å². The monoisotopic (exact) mass is 897 g/mol. The van der Waals surface area contributed by atoms with Crippen molar-refractivity contribution in [1.29, 1.82) is 0 Å². The summed E-state index contributed by atoms with van der Waals surface area (Å²) in [6.07, 6.45) is 7.11. The number of nitrogens with zero attached hydrogens (tertiary/aromatic N) is 2. The highest BCUT2D eigenvalue weighted by Gasteiger charge is 2.48. The van der Waals surface area contributed by atoms with E-state index >= 15 is 0 Å². The van der Waals surface area contributed by atoms with Crippen LogP contribution in [0.1, 0.15) is 187 Å². The molecule has 0 bridgehead atoms. The van der Waals surface area contributed by atoms with Crippen LogP contribution in [0.4, 0.5) is 34.1 Å². The maximum absolute atomic E-state index is 2.74. The van der Waals surface area contributed by atoms with Crippen LogP contribution in [0.2, 0.25) is 0 Å². The maximum atomic E-state index is 2.74. The van der Waals surface area contributed by atoms with Crippen molar-refractivity contribution in [3.8, 4) is 11.1 Å². The summed E-state index contributed by atoms with van der Waals surface area (Å²) in [5, 5.41) is 0. The van der Waals surface area contributed by atoms with Crippen molar-refractivity contribution in [2.24, 2.45) is 0 Å². The SMILES string of the molecule is Cc1cc2c3c(c1)N(c1cc4c(cc1-c1ccccc1)C(C)(C)CCC4(C)C)c1cc(C(C)(C)C)ccc1B3c1cc3c(cc1N2c1ccc2c(c1)C(C)(C)CCC2(C)C)C(C)(C)CCC3(C)C. The molecule has 6 aromatic carbocycles. The molecule has 350 valence electrons. The van der Waals surface area contributed by atoms with Crippen LogP contribution in [0.3, 0.4) is 0 Å². The van der Waals surface area contributed by atoms with Gasteiger partial charge in [-0.1, -0.05) is 158 Å².